The van der Waals surface area contributed by atoms with Crippen LogP contribution >= 0.6 is 0 Å². The Balaban J connectivity index is 2.59. The predicted molar refractivity (Wildman–Crippen MR) is 62.0 cm³/mol. The Bertz CT molecular complexity index is 567. The number of rotatable bonds is 2. The largest absolute Gasteiger partial charge is 0.298 e. The normalized spacial score (nSPS) is 9.44. The summed E-state index contributed by atoms with van der Waals surface area (Å²) in [6.07, 6.45) is 0.828. The van der Waals surface area contributed by atoms with Crippen molar-refractivity contribution < 1.29 is 4.79 Å². The molecule has 76 valence electrons. The second-order valence-corrected chi connectivity index (χ2v) is 3.40. The zero-order valence-corrected chi connectivity index (χ0v) is 8.55. The first kappa shape index (κ1) is 10.1. The van der Waals surface area contributed by atoms with Crippen LogP contribution in [0.25, 0.3) is 11.1 Å². The fourth-order valence-corrected chi connectivity index (χ4v) is 1.62. The molecule has 2 nitrogen and oxygen atoms in total. The molecule has 0 atom stereocenters. The summed E-state index contributed by atoms with van der Waals surface area (Å²) >= 11 is 0. The van der Waals surface area contributed by atoms with Gasteiger partial charge in [0.25, 0.3) is 0 Å². The molecule has 0 spiro atoms. The highest BCUT2D eigenvalue weighted by atomic mass is 16.1. The summed E-state index contributed by atoms with van der Waals surface area (Å²) in [7, 11) is 0. The van der Waals surface area contributed by atoms with E-state index in [4.69, 9.17) is 5.26 Å². The monoisotopic (exact) mass is 207 g/mol. The van der Waals surface area contributed by atoms with Gasteiger partial charge in [0.1, 0.15) is 0 Å². The van der Waals surface area contributed by atoms with Crippen molar-refractivity contribution in [3.05, 3.63) is 59.7 Å². The number of nitrogens with zero attached hydrogens (tertiary/aromatic N) is 1. The molecule has 0 N–H and O–H groups in total. The number of nitriles is 1. The highest BCUT2D eigenvalue weighted by molar-refractivity contribution is 5.87. The molecule has 2 aromatic rings. The van der Waals surface area contributed by atoms with Gasteiger partial charge in [0.05, 0.1) is 11.6 Å². The van der Waals surface area contributed by atoms with Crippen LogP contribution < -0.4 is 0 Å². The fourth-order valence-electron chi connectivity index (χ4n) is 1.62. The highest BCUT2D eigenvalue weighted by Gasteiger charge is 2.03. The molecule has 2 rings (SSSR count). The maximum absolute atomic E-state index is 10.9. The summed E-state index contributed by atoms with van der Waals surface area (Å²) in [6.45, 7) is 0. The molecule has 2 heteroatoms. The van der Waals surface area contributed by atoms with E-state index >= 15 is 0 Å². The molecular formula is C14H9NO. The number of hydrogen-bond acceptors (Lipinski definition) is 2. The van der Waals surface area contributed by atoms with E-state index in [2.05, 4.69) is 6.07 Å². The van der Waals surface area contributed by atoms with E-state index in [9.17, 15) is 4.79 Å². The summed E-state index contributed by atoms with van der Waals surface area (Å²) in [4.78, 5) is 10.9. The maximum atomic E-state index is 10.9. The number of carbonyl (C=O) groups is 1. The van der Waals surface area contributed by atoms with Gasteiger partial charge in [-0.1, -0.05) is 36.4 Å². The van der Waals surface area contributed by atoms with Crippen molar-refractivity contribution in [1.82, 2.24) is 0 Å². The Labute approximate surface area is 93.8 Å². The van der Waals surface area contributed by atoms with E-state index in [1.54, 1.807) is 18.2 Å². The van der Waals surface area contributed by atoms with Crippen molar-refractivity contribution in [3.63, 3.8) is 0 Å². The Kier molecular flexibility index (Phi) is 2.79. The smallest absolute Gasteiger partial charge is 0.150 e. The van der Waals surface area contributed by atoms with Crippen molar-refractivity contribution in [2.45, 2.75) is 0 Å². The molecule has 0 heterocycles. The van der Waals surface area contributed by atoms with Crippen LogP contribution in [0.4, 0.5) is 0 Å². The predicted octanol–water partition coefficient (Wildman–Crippen LogP) is 3.04. The van der Waals surface area contributed by atoms with Crippen LogP contribution in [0.5, 0.6) is 0 Å². The van der Waals surface area contributed by atoms with Crippen molar-refractivity contribution >= 4 is 6.29 Å². The maximum Gasteiger partial charge on any atom is 0.150 e. The highest BCUT2D eigenvalue weighted by Crippen LogP contribution is 2.23. The standard InChI is InChI=1S/C14H9NO/c15-9-11-4-3-6-12(8-11)14-7-2-1-5-13(14)10-16/h1-8,10H. The number of carbonyl (C=O) groups excluding carboxylic acids is 1. The minimum absolute atomic E-state index is 0.596. The van der Waals surface area contributed by atoms with Crippen LogP contribution in [0.2, 0.25) is 0 Å². The zero-order valence-electron chi connectivity index (χ0n) is 8.55. The van der Waals surface area contributed by atoms with Crippen molar-refractivity contribution in [1.29, 1.82) is 5.26 Å². The lowest BCUT2D eigenvalue weighted by atomic mass is 9.99. The van der Waals surface area contributed by atoms with Crippen LogP contribution in [0, 0.1) is 11.3 Å². The number of aldehydes is 1. The minimum Gasteiger partial charge on any atom is -0.298 e. The Morgan fingerprint density at radius 3 is 2.62 bits per heavy atom. The zero-order chi connectivity index (χ0) is 11.4. The lowest BCUT2D eigenvalue weighted by Gasteiger charge is -2.04. The van der Waals surface area contributed by atoms with Crippen LogP contribution in [-0.4, -0.2) is 6.29 Å². The Hall–Kier alpha value is -2.40. The Morgan fingerprint density at radius 2 is 1.88 bits per heavy atom. The van der Waals surface area contributed by atoms with E-state index in [-0.39, 0.29) is 0 Å². The van der Waals surface area contributed by atoms with E-state index in [0.29, 0.717) is 11.1 Å². The van der Waals surface area contributed by atoms with Gasteiger partial charge >= 0.3 is 0 Å². The summed E-state index contributed by atoms with van der Waals surface area (Å²) in [5.74, 6) is 0. The first-order valence-electron chi connectivity index (χ1n) is 4.90. The summed E-state index contributed by atoms with van der Waals surface area (Å²) < 4.78 is 0. The molecule has 2 aromatic carbocycles. The fraction of sp³-hybridized carbons (Fsp3) is 0. The van der Waals surface area contributed by atoms with E-state index in [0.717, 1.165) is 17.4 Å². The molecule has 0 bridgehead atoms. The van der Waals surface area contributed by atoms with Gasteiger partial charge in [0.15, 0.2) is 6.29 Å². The number of hydrogen-bond donors (Lipinski definition) is 0. The SMILES string of the molecule is N#Cc1cccc(-c2ccccc2C=O)c1. The van der Waals surface area contributed by atoms with Crippen LogP contribution in [-0.2, 0) is 0 Å². The average molecular weight is 207 g/mol. The van der Waals surface area contributed by atoms with Gasteiger partial charge in [-0.05, 0) is 23.3 Å². The quantitative estimate of drug-likeness (QED) is 0.710. The second kappa shape index (κ2) is 4.41. The lowest BCUT2D eigenvalue weighted by Crippen LogP contribution is -1.87. The number of benzene rings is 2. The van der Waals surface area contributed by atoms with Gasteiger partial charge in [-0.3, -0.25) is 4.79 Å². The van der Waals surface area contributed by atoms with Gasteiger partial charge < -0.3 is 0 Å². The summed E-state index contributed by atoms with van der Waals surface area (Å²) in [5.41, 5.74) is 2.98. The molecule has 0 amide bonds. The van der Waals surface area contributed by atoms with Crippen molar-refractivity contribution in [2.24, 2.45) is 0 Å². The van der Waals surface area contributed by atoms with Gasteiger partial charge in [0, 0.05) is 5.56 Å². The minimum atomic E-state index is 0.596. The molecule has 0 radical (unpaired) electrons. The van der Waals surface area contributed by atoms with Crippen LogP contribution in [0.15, 0.2) is 48.5 Å². The van der Waals surface area contributed by atoms with Gasteiger partial charge in [0.2, 0.25) is 0 Å². The lowest BCUT2D eigenvalue weighted by molar-refractivity contribution is 0.112. The van der Waals surface area contributed by atoms with E-state index in [1.165, 1.54) is 0 Å². The van der Waals surface area contributed by atoms with Gasteiger partial charge in [-0.2, -0.15) is 5.26 Å². The molecule has 0 aliphatic rings. The summed E-state index contributed by atoms with van der Waals surface area (Å²) in [6, 6.07) is 16.7. The van der Waals surface area contributed by atoms with Gasteiger partial charge in [-0.25, -0.2) is 0 Å². The molecular weight excluding hydrogens is 198 g/mol. The molecule has 0 aliphatic heterocycles. The molecule has 0 unspecified atom stereocenters. The Morgan fingerprint density at radius 1 is 1.06 bits per heavy atom. The van der Waals surface area contributed by atoms with Crippen LogP contribution in [0.1, 0.15) is 15.9 Å². The first-order valence-corrected chi connectivity index (χ1v) is 4.90. The molecule has 0 aromatic heterocycles. The third-order valence-electron chi connectivity index (χ3n) is 2.39. The van der Waals surface area contributed by atoms with Crippen molar-refractivity contribution in [3.8, 4) is 17.2 Å². The third kappa shape index (κ3) is 1.84. The molecule has 16 heavy (non-hydrogen) atoms. The summed E-state index contributed by atoms with van der Waals surface area (Å²) in [5, 5.41) is 8.82. The first-order chi connectivity index (χ1) is 7.85. The molecule has 0 saturated carbocycles. The van der Waals surface area contributed by atoms with E-state index < -0.39 is 0 Å². The van der Waals surface area contributed by atoms with Crippen molar-refractivity contribution in [2.75, 3.05) is 0 Å². The molecule has 0 fully saturated rings. The van der Waals surface area contributed by atoms with Gasteiger partial charge in [-0.15, -0.1) is 0 Å². The molecule has 0 aliphatic carbocycles. The second-order valence-electron chi connectivity index (χ2n) is 3.40. The molecule has 0 saturated heterocycles. The van der Waals surface area contributed by atoms with E-state index in [1.807, 2.05) is 30.3 Å². The average Bonchev–Trinajstić information content (AvgIpc) is 2.38. The third-order valence-corrected chi connectivity index (χ3v) is 2.39. The topological polar surface area (TPSA) is 40.9 Å². The van der Waals surface area contributed by atoms with Crippen LogP contribution in [0.3, 0.4) is 0 Å².